The van der Waals surface area contributed by atoms with E-state index in [-0.39, 0.29) is 16.7 Å². The van der Waals surface area contributed by atoms with Crippen LogP contribution >= 0.6 is 11.6 Å². The molecule has 1 rings (SSSR count). The third-order valence-electron chi connectivity index (χ3n) is 2.66. The Balaban J connectivity index is 2.81. The van der Waals surface area contributed by atoms with Crippen molar-refractivity contribution in [3.8, 4) is 11.5 Å². The molecule has 0 spiro atoms. The maximum atomic E-state index is 11.8. The van der Waals surface area contributed by atoms with Crippen LogP contribution in [-0.4, -0.2) is 45.7 Å². The Morgan fingerprint density at radius 1 is 1.43 bits per heavy atom. The van der Waals surface area contributed by atoms with Crippen LogP contribution in [0.15, 0.2) is 12.1 Å². The molecule has 0 saturated heterocycles. The van der Waals surface area contributed by atoms with Gasteiger partial charge in [0.15, 0.2) is 17.6 Å². The topological polar surface area (TPSA) is 73.9 Å². The summed E-state index contributed by atoms with van der Waals surface area (Å²) in [6, 6.07) is 2.94. The highest BCUT2D eigenvalue weighted by Crippen LogP contribution is 2.36. The second kappa shape index (κ2) is 8.49. The van der Waals surface area contributed by atoms with Crippen molar-refractivity contribution in [2.45, 2.75) is 13.0 Å². The zero-order valence-corrected chi connectivity index (χ0v) is 12.9. The molecule has 0 bridgehead atoms. The molecule has 0 aliphatic carbocycles. The number of hydrogen-bond acceptors (Lipinski definition) is 5. The standard InChI is InChI=1S/C14H18ClNO5/c1-9(14(18)16-4-5-19-2)21-13-11(15)6-10(8-17)7-12(13)20-3/h6-9H,4-5H2,1-3H3,(H,16,18). The number of rotatable bonds is 8. The van der Waals surface area contributed by atoms with Gasteiger partial charge in [0.05, 0.1) is 18.7 Å². The van der Waals surface area contributed by atoms with Gasteiger partial charge in [-0.25, -0.2) is 0 Å². The van der Waals surface area contributed by atoms with E-state index < -0.39 is 6.10 Å². The third-order valence-corrected chi connectivity index (χ3v) is 2.94. The number of nitrogens with one attached hydrogen (secondary N) is 1. The summed E-state index contributed by atoms with van der Waals surface area (Å²) in [5, 5.41) is 2.86. The number of amides is 1. The minimum Gasteiger partial charge on any atom is -0.493 e. The van der Waals surface area contributed by atoms with Crippen LogP contribution < -0.4 is 14.8 Å². The second-order valence-corrected chi connectivity index (χ2v) is 4.60. The van der Waals surface area contributed by atoms with E-state index in [0.717, 1.165) is 0 Å². The molecule has 0 aliphatic heterocycles. The summed E-state index contributed by atoms with van der Waals surface area (Å²) >= 11 is 6.05. The highest BCUT2D eigenvalue weighted by Gasteiger charge is 2.19. The van der Waals surface area contributed by atoms with Crippen LogP contribution in [0.3, 0.4) is 0 Å². The fraction of sp³-hybridized carbons (Fsp3) is 0.429. The number of aldehydes is 1. The van der Waals surface area contributed by atoms with Crippen LogP contribution in [0.4, 0.5) is 0 Å². The van der Waals surface area contributed by atoms with Gasteiger partial charge in [-0.3, -0.25) is 9.59 Å². The minimum absolute atomic E-state index is 0.202. The lowest BCUT2D eigenvalue weighted by atomic mass is 10.2. The Kier molecular flexibility index (Phi) is 6.98. The van der Waals surface area contributed by atoms with E-state index in [4.69, 9.17) is 25.8 Å². The number of ether oxygens (including phenoxy) is 3. The second-order valence-electron chi connectivity index (χ2n) is 4.20. The molecule has 0 heterocycles. The zero-order valence-electron chi connectivity index (χ0n) is 12.1. The molecular formula is C14H18ClNO5. The quantitative estimate of drug-likeness (QED) is 0.584. The molecule has 1 amide bonds. The van der Waals surface area contributed by atoms with Crippen LogP contribution in [0, 0.1) is 0 Å². The van der Waals surface area contributed by atoms with Crippen LogP contribution in [0.1, 0.15) is 17.3 Å². The van der Waals surface area contributed by atoms with Gasteiger partial charge in [-0.15, -0.1) is 0 Å². The van der Waals surface area contributed by atoms with Gasteiger partial charge in [0.25, 0.3) is 5.91 Å². The molecule has 0 aromatic heterocycles. The summed E-state index contributed by atoms with van der Waals surface area (Å²) in [4.78, 5) is 22.6. The van der Waals surface area contributed by atoms with Crippen LogP contribution in [0.2, 0.25) is 5.02 Å². The predicted octanol–water partition coefficient (Wildman–Crippen LogP) is 1.69. The average molecular weight is 316 g/mol. The molecule has 1 aromatic rings. The lowest BCUT2D eigenvalue weighted by Crippen LogP contribution is -2.38. The van der Waals surface area contributed by atoms with Gasteiger partial charge in [-0.1, -0.05) is 11.6 Å². The van der Waals surface area contributed by atoms with Crippen molar-refractivity contribution in [3.05, 3.63) is 22.7 Å². The minimum atomic E-state index is -0.768. The van der Waals surface area contributed by atoms with E-state index in [0.29, 0.717) is 30.8 Å². The first kappa shape index (κ1) is 17.3. The summed E-state index contributed by atoms with van der Waals surface area (Å²) in [7, 11) is 2.97. The SMILES string of the molecule is COCCNC(=O)C(C)Oc1c(Cl)cc(C=O)cc1OC. The number of hydrogen-bond donors (Lipinski definition) is 1. The molecule has 1 atom stereocenters. The first-order valence-corrected chi connectivity index (χ1v) is 6.67. The molecule has 7 heteroatoms. The van der Waals surface area contributed by atoms with E-state index in [1.807, 2.05) is 0 Å². The van der Waals surface area contributed by atoms with Gasteiger partial charge in [0, 0.05) is 19.2 Å². The molecule has 21 heavy (non-hydrogen) atoms. The summed E-state index contributed by atoms with van der Waals surface area (Å²) in [6.45, 7) is 2.39. The Hall–Kier alpha value is -1.79. The van der Waals surface area contributed by atoms with Gasteiger partial charge < -0.3 is 19.5 Å². The summed E-state index contributed by atoms with van der Waals surface area (Å²) in [5.41, 5.74) is 0.362. The van der Waals surface area contributed by atoms with Crippen LogP contribution in [0.5, 0.6) is 11.5 Å². The lowest BCUT2D eigenvalue weighted by molar-refractivity contribution is -0.127. The lowest BCUT2D eigenvalue weighted by Gasteiger charge is -2.18. The summed E-state index contributed by atoms with van der Waals surface area (Å²) in [5.74, 6) is 0.213. The Morgan fingerprint density at radius 2 is 2.14 bits per heavy atom. The predicted molar refractivity (Wildman–Crippen MR) is 78.4 cm³/mol. The number of carbonyl (C=O) groups excluding carboxylic acids is 2. The van der Waals surface area contributed by atoms with Crippen molar-refractivity contribution in [1.82, 2.24) is 5.32 Å². The van der Waals surface area contributed by atoms with Gasteiger partial charge >= 0.3 is 0 Å². The first-order chi connectivity index (χ1) is 10.0. The molecule has 0 aliphatic rings. The number of methoxy groups -OCH3 is 2. The van der Waals surface area contributed by atoms with E-state index in [2.05, 4.69) is 5.32 Å². The van der Waals surface area contributed by atoms with Crippen molar-refractivity contribution in [2.75, 3.05) is 27.4 Å². The van der Waals surface area contributed by atoms with Gasteiger partial charge in [-0.05, 0) is 19.1 Å². The highest BCUT2D eigenvalue weighted by atomic mass is 35.5. The maximum Gasteiger partial charge on any atom is 0.260 e. The van der Waals surface area contributed by atoms with Crippen molar-refractivity contribution in [3.63, 3.8) is 0 Å². The zero-order chi connectivity index (χ0) is 15.8. The van der Waals surface area contributed by atoms with E-state index in [1.165, 1.54) is 19.2 Å². The molecule has 0 radical (unpaired) electrons. The van der Waals surface area contributed by atoms with Crippen molar-refractivity contribution < 1.29 is 23.8 Å². The molecule has 116 valence electrons. The van der Waals surface area contributed by atoms with E-state index >= 15 is 0 Å². The molecule has 1 unspecified atom stereocenters. The van der Waals surface area contributed by atoms with Gasteiger partial charge in [-0.2, -0.15) is 0 Å². The number of benzene rings is 1. The molecule has 0 fully saturated rings. The average Bonchev–Trinajstić information content (AvgIpc) is 2.48. The Bertz CT molecular complexity index is 506. The first-order valence-electron chi connectivity index (χ1n) is 6.29. The summed E-state index contributed by atoms with van der Waals surface area (Å²) < 4.78 is 15.5. The maximum absolute atomic E-state index is 11.8. The fourth-order valence-electron chi connectivity index (χ4n) is 1.57. The van der Waals surface area contributed by atoms with Gasteiger partial charge in [0.2, 0.25) is 0 Å². The monoisotopic (exact) mass is 315 g/mol. The largest absolute Gasteiger partial charge is 0.493 e. The summed E-state index contributed by atoms with van der Waals surface area (Å²) in [6.07, 6.45) is -0.116. The normalized spacial score (nSPS) is 11.6. The van der Waals surface area contributed by atoms with Crippen LogP contribution in [0.25, 0.3) is 0 Å². The molecule has 0 saturated carbocycles. The molecule has 1 aromatic carbocycles. The van der Waals surface area contributed by atoms with Crippen LogP contribution in [-0.2, 0) is 9.53 Å². The third kappa shape index (κ3) is 4.91. The molecule has 1 N–H and O–H groups in total. The van der Waals surface area contributed by atoms with Crippen molar-refractivity contribution >= 4 is 23.8 Å². The van der Waals surface area contributed by atoms with E-state index in [9.17, 15) is 9.59 Å². The Morgan fingerprint density at radius 3 is 2.71 bits per heavy atom. The van der Waals surface area contributed by atoms with Crippen molar-refractivity contribution in [1.29, 1.82) is 0 Å². The fourth-order valence-corrected chi connectivity index (χ4v) is 1.84. The van der Waals surface area contributed by atoms with Crippen molar-refractivity contribution in [2.24, 2.45) is 0 Å². The van der Waals surface area contributed by atoms with E-state index in [1.54, 1.807) is 14.0 Å². The van der Waals surface area contributed by atoms with Gasteiger partial charge in [0.1, 0.15) is 6.29 Å². The highest BCUT2D eigenvalue weighted by molar-refractivity contribution is 6.32. The number of carbonyl (C=O) groups is 2. The Labute approximate surface area is 128 Å². The number of halogens is 1. The molecular weight excluding hydrogens is 298 g/mol. The molecule has 6 nitrogen and oxygen atoms in total. The smallest absolute Gasteiger partial charge is 0.260 e.